The zero-order chi connectivity index (χ0) is 13.2. The summed E-state index contributed by atoms with van der Waals surface area (Å²) in [4.78, 5) is 0. The third-order valence-corrected chi connectivity index (χ3v) is 3.85. The first-order valence-electron chi connectivity index (χ1n) is 6.97. The van der Waals surface area contributed by atoms with Gasteiger partial charge < -0.3 is 10.1 Å². The number of benzene rings is 1. The van der Waals surface area contributed by atoms with Crippen molar-refractivity contribution >= 4 is 0 Å². The third-order valence-electron chi connectivity index (χ3n) is 3.85. The van der Waals surface area contributed by atoms with Gasteiger partial charge in [-0.05, 0) is 36.5 Å². The minimum Gasteiger partial charge on any atom is -0.496 e. The molecule has 2 rings (SSSR count). The van der Waals surface area contributed by atoms with Crippen LogP contribution in [0.4, 0.5) is 0 Å². The molecule has 0 spiro atoms. The van der Waals surface area contributed by atoms with Gasteiger partial charge in [0, 0.05) is 18.0 Å². The highest BCUT2D eigenvalue weighted by molar-refractivity contribution is 5.40. The molecule has 1 aromatic carbocycles. The van der Waals surface area contributed by atoms with Crippen molar-refractivity contribution in [1.82, 2.24) is 5.32 Å². The predicted octanol–water partition coefficient (Wildman–Crippen LogP) is 3.29. The number of ether oxygens (including phenoxy) is 1. The van der Waals surface area contributed by atoms with Crippen LogP contribution in [0.5, 0.6) is 5.75 Å². The molecule has 1 saturated carbocycles. The minimum absolute atomic E-state index is 0.179. The predicted molar refractivity (Wildman–Crippen MR) is 76.4 cm³/mol. The van der Waals surface area contributed by atoms with Gasteiger partial charge in [-0.2, -0.15) is 0 Å². The summed E-state index contributed by atoms with van der Waals surface area (Å²) in [5, 5.41) is 3.63. The van der Waals surface area contributed by atoms with Gasteiger partial charge in [0.25, 0.3) is 0 Å². The van der Waals surface area contributed by atoms with Crippen molar-refractivity contribution in [3.8, 4) is 5.75 Å². The summed E-state index contributed by atoms with van der Waals surface area (Å²) < 4.78 is 5.40. The molecule has 0 bridgehead atoms. The molecule has 0 aliphatic heterocycles. The molecule has 2 heteroatoms. The number of methoxy groups -OCH3 is 1. The third kappa shape index (κ3) is 3.05. The quantitative estimate of drug-likeness (QED) is 0.833. The molecule has 0 amide bonds. The highest BCUT2D eigenvalue weighted by Gasteiger charge is 2.26. The van der Waals surface area contributed by atoms with Gasteiger partial charge in [-0.25, -0.2) is 0 Å². The Morgan fingerprint density at radius 1 is 1.33 bits per heavy atom. The molecule has 2 nitrogen and oxygen atoms in total. The van der Waals surface area contributed by atoms with Crippen LogP contribution in [0, 0.1) is 0 Å². The van der Waals surface area contributed by atoms with Crippen LogP contribution >= 0.6 is 0 Å². The SMILES string of the molecule is CCc1cc(C(C)(C)CNC2CC2)ccc1OC. The highest BCUT2D eigenvalue weighted by atomic mass is 16.5. The molecule has 1 aromatic rings. The van der Waals surface area contributed by atoms with Gasteiger partial charge in [0.15, 0.2) is 0 Å². The lowest BCUT2D eigenvalue weighted by atomic mass is 9.83. The summed E-state index contributed by atoms with van der Waals surface area (Å²) in [5.74, 6) is 1.01. The smallest absolute Gasteiger partial charge is 0.122 e. The summed E-state index contributed by atoms with van der Waals surface area (Å²) in [6.07, 6.45) is 3.71. The Morgan fingerprint density at radius 3 is 2.61 bits per heavy atom. The lowest BCUT2D eigenvalue weighted by Crippen LogP contribution is -2.34. The van der Waals surface area contributed by atoms with Crippen LogP contribution in [0.2, 0.25) is 0 Å². The number of rotatable bonds is 6. The second-order valence-corrected chi connectivity index (χ2v) is 5.92. The molecular weight excluding hydrogens is 222 g/mol. The second kappa shape index (κ2) is 5.31. The molecule has 0 radical (unpaired) electrons. The normalized spacial score (nSPS) is 15.8. The standard InChI is InChI=1S/C16H25NO/c1-5-12-10-13(6-9-15(12)18-4)16(2,3)11-17-14-7-8-14/h6,9-10,14,17H,5,7-8,11H2,1-4H3. The van der Waals surface area contributed by atoms with Gasteiger partial charge >= 0.3 is 0 Å². The van der Waals surface area contributed by atoms with E-state index in [4.69, 9.17) is 4.74 Å². The average Bonchev–Trinajstić information content (AvgIpc) is 3.19. The van der Waals surface area contributed by atoms with Crippen molar-refractivity contribution in [3.05, 3.63) is 29.3 Å². The second-order valence-electron chi connectivity index (χ2n) is 5.92. The summed E-state index contributed by atoms with van der Waals surface area (Å²) in [5.41, 5.74) is 2.88. The van der Waals surface area contributed by atoms with Crippen LogP contribution in [0.15, 0.2) is 18.2 Å². The number of aryl methyl sites for hydroxylation is 1. The van der Waals surface area contributed by atoms with E-state index in [0.29, 0.717) is 0 Å². The lowest BCUT2D eigenvalue weighted by Gasteiger charge is -2.27. The van der Waals surface area contributed by atoms with E-state index in [0.717, 1.165) is 24.8 Å². The zero-order valence-electron chi connectivity index (χ0n) is 12.0. The molecule has 0 heterocycles. The van der Waals surface area contributed by atoms with Crippen molar-refractivity contribution in [2.45, 2.75) is 51.5 Å². The van der Waals surface area contributed by atoms with Crippen molar-refractivity contribution < 1.29 is 4.74 Å². The van der Waals surface area contributed by atoms with Crippen LogP contribution in [-0.4, -0.2) is 19.7 Å². The highest BCUT2D eigenvalue weighted by Crippen LogP contribution is 2.29. The molecule has 1 aliphatic carbocycles. The minimum atomic E-state index is 0.179. The molecular formula is C16H25NO. The van der Waals surface area contributed by atoms with E-state index in [1.54, 1.807) is 7.11 Å². The van der Waals surface area contributed by atoms with Gasteiger partial charge in [0.05, 0.1) is 7.11 Å². The first-order chi connectivity index (χ1) is 8.56. The maximum atomic E-state index is 5.40. The maximum absolute atomic E-state index is 5.40. The van der Waals surface area contributed by atoms with Gasteiger partial charge in [-0.1, -0.05) is 32.9 Å². The Balaban J connectivity index is 2.14. The molecule has 1 fully saturated rings. The fourth-order valence-electron chi connectivity index (χ4n) is 2.26. The topological polar surface area (TPSA) is 21.3 Å². The van der Waals surface area contributed by atoms with Gasteiger partial charge in [-0.3, -0.25) is 0 Å². The Labute approximate surface area is 111 Å². The largest absolute Gasteiger partial charge is 0.496 e. The summed E-state index contributed by atoms with van der Waals surface area (Å²) >= 11 is 0. The first-order valence-corrected chi connectivity index (χ1v) is 6.97. The van der Waals surface area contributed by atoms with Crippen molar-refractivity contribution in [1.29, 1.82) is 0 Å². The Hall–Kier alpha value is -1.02. The van der Waals surface area contributed by atoms with Crippen LogP contribution in [-0.2, 0) is 11.8 Å². The number of nitrogens with one attached hydrogen (secondary N) is 1. The van der Waals surface area contributed by atoms with E-state index in [9.17, 15) is 0 Å². The Kier molecular flexibility index (Phi) is 3.96. The zero-order valence-corrected chi connectivity index (χ0v) is 12.0. The van der Waals surface area contributed by atoms with E-state index >= 15 is 0 Å². The van der Waals surface area contributed by atoms with Gasteiger partial charge in [0.2, 0.25) is 0 Å². The summed E-state index contributed by atoms with van der Waals surface area (Å²) in [7, 11) is 1.74. The van der Waals surface area contributed by atoms with Gasteiger partial charge in [0.1, 0.15) is 5.75 Å². The van der Waals surface area contributed by atoms with E-state index in [1.807, 2.05) is 0 Å². The van der Waals surface area contributed by atoms with E-state index in [-0.39, 0.29) is 5.41 Å². The van der Waals surface area contributed by atoms with Crippen molar-refractivity contribution in [3.63, 3.8) is 0 Å². The average molecular weight is 247 g/mol. The number of hydrogen-bond donors (Lipinski definition) is 1. The maximum Gasteiger partial charge on any atom is 0.122 e. The first kappa shape index (κ1) is 13.4. The molecule has 100 valence electrons. The van der Waals surface area contributed by atoms with Crippen LogP contribution in [0.3, 0.4) is 0 Å². The van der Waals surface area contributed by atoms with E-state index in [1.165, 1.54) is 24.0 Å². The van der Waals surface area contributed by atoms with Crippen LogP contribution in [0.1, 0.15) is 44.7 Å². The van der Waals surface area contributed by atoms with Crippen LogP contribution in [0.25, 0.3) is 0 Å². The number of hydrogen-bond acceptors (Lipinski definition) is 2. The molecule has 1 aliphatic rings. The molecule has 18 heavy (non-hydrogen) atoms. The van der Waals surface area contributed by atoms with E-state index in [2.05, 4.69) is 44.3 Å². The monoisotopic (exact) mass is 247 g/mol. The molecule has 0 atom stereocenters. The molecule has 0 unspecified atom stereocenters. The fourth-order valence-corrected chi connectivity index (χ4v) is 2.26. The summed E-state index contributed by atoms with van der Waals surface area (Å²) in [6, 6.07) is 7.38. The lowest BCUT2D eigenvalue weighted by molar-refractivity contribution is 0.408. The fraction of sp³-hybridized carbons (Fsp3) is 0.625. The Bertz CT molecular complexity index is 408. The van der Waals surface area contributed by atoms with E-state index < -0.39 is 0 Å². The Morgan fingerprint density at radius 2 is 2.06 bits per heavy atom. The van der Waals surface area contributed by atoms with Crippen molar-refractivity contribution in [2.24, 2.45) is 0 Å². The van der Waals surface area contributed by atoms with Crippen LogP contribution < -0.4 is 10.1 Å². The molecule has 0 aromatic heterocycles. The summed E-state index contributed by atoms with van der Waals surface area (Å²) in [6.45, 7) is 7.84. The molecule has 1 N–H and O–H groups in total. The van der Waals surface area contributed by atoms with Gasteiger partial charge in [-0.15, -0.1) is 0 Å². The molecule has 0 saturated heterocycles. The van der Waals surface area contributed by atoms with Crippen molar-refractivity contribution in [2.75, 3.05) is 13.7 Å².